The van der Waals surface area contributed by atoms with Gasteiger partial charge in [-0.05, 0) is 19.1 Å². The fourth-order valence-electron chi connectivity index (χ4n) is 1.52. The molecule has 0 bridgehead atoms. The number of halogens is 1. The Morgan fingerprint density at radius 3 is 2.88 bits per heavy atom. The van der Waals surface area contributed by atoms with Crippen molar-refractivity contribution in [3.63, 3.8) is 0 Å². The Bertz CT molecular complexity index is 502. The van der Waals surface area contributed by atoms with Gasteiger partial charge in [-0.25, -0.2) is 4.79 Å². The number of nitrogens with one attached hydrogen (secondary N) is 1. The standard InChI is InChI=1S/C11H10ClNO4/c1-11(10(15)16-2)9(14)13-7-4-3-6(12)5-8(7)17-11/h3-5H,1-2H3,(H,13,14)/t11-/m1/s1. The zero-order chi connectivity index (χ0) is 12.6. The van der Waals surface area contributed by atoms with Gasteiger partial charge in [0.2, 0.25) is 0 Å². The number of anilines is 1. The fraction of sp³-hybridized carbons (Fsp3) is 0.273. The third-order valence-corrected chi connectivity index (χ3v) is 2.75. The van der Waals surface area contributed by atoms with Crippen LogP contribution in [0.2, 0.25) is 5.02 Å². The predicted molar refractivity (Wildman–Crippen MR) is 61.1 cm³/mol. The van der Waals surface area contributed by atoms with Crippen molar-refractivity contribution in [2.24, 2.45) is 0 Å². The maximum Gasteiger partial charge on any atom is 0.359 e. The number of hydrogen-bond acceptors (Lipinski definition) is 4. The van der Waals surface area contributed by atoms with Gasteiger partial charge in [0.15, 0.2) is 0 Å². The first kappa shape index (κ1) is 11.7. The molecule has 1 atom stereocenters. The summed E-state index contributed by atoms with van der Waals surface area (Å²) in [6.45, 7) is 1.35. The molecule has 0 aromatic heterocycles. The van der Waals surface area contributed by atoms with Crippen molar-refractivity contribution in [3.05, 3.63) is 23.2 Å². The Morgan fingerprint density at radius 2 is 2.24 bits per heavy atom. The minimum absolute atomic E-state index is 0.338. The second-order valence-corrected chi connectivity index (χ2v) is 4.16. The third kappa shape index (κ3) is 1.82. The number of ether oxygens (including phenoxy) is 2. The van der Waals surface area contributed by atoms with Crippen LogP contribution in [0, 0.1) is 0 Å². The van der Waals surface area contributed by atoms with Crippen LogP contribution < -0.4 is 10.1 Å². The van der Waals surface area contributed by atoms with Crippen LogP contribution in [0.15, 0.2) is 18.2 Å². The average Bonchev–Trinajstić information content (AvgIpc) is 2.30. The van der Waals surface area contributed by atoms with Crippen LogP contribution in [0.25, 0.3) is 0 Å². The van der Waals surface area contributed by atoms with Crippen molar-refractivity contribution in [3.8, 4) is 5.75 Å². The first-order valence-electron chi connectivity index (χ1n) is 4.86. The molecule has 0 radical (unpaired) electrons. The van der Waals surface area contributed by atoms with Crippen molar-refractivity contribution in [2.45, 2.75) is 12.5 Å². The Kier molecular flexibility index (Phi) is 2.71. The minimum atomic E-state index is -1.69. The van der Waals surface area contributed by atoms with Gasteiger partial charge >= 0.3 is 5.97 Å². The molecule has 90 valence electrons. The van der Waals surface area contributed by atoms with Gasteiger partial charge in [-0.2, -0.15) is 0 Å². The molecule has 1 aromatic carbocycles. The zero-order valence-electron chi connectivity index (χ0n) is 9.24. The Labute approximate surface area is 103 Å². The molecule has 0 saturated heterocycles. The Balaban J connectivity index is 2.44. The smallest absolute Gasteiger partial charge is 0.359 e. The van der Waals surface area contributed by atoms with E-state index in [2.05, 4.69) is 10.1 Å². The van der Waals surface area contributed by atoms with Crippen LogP contribution in [0.5, 0.6) is 5.75 Å². The number of esters is 1. The fourth-order valence-corrected chi connectivity index (χ4v) is 1.68. The molecule has 0 fully saturated rings. The normalized spacial score (nSPS) is 22.2. The summed E-state index contributed by atoms with van der Waals surface area (Å²) >= 11 is 5.81. The highest BCUT2D eigenvalue weighted by Gasteiger charge is 2.48. The van der Waals surface area contributed by atoms with Crippen LogP contribution in [-0.2, 0) is 14.3 Å². The molecular formula is C11H10ClNO4. The van der Waals surface area contributed by atoms with Crippen LogP contribution >= 0.6 is 11.6 Å². The van der Waals surface area contributed by atoms with Crippen LogP contribution in [0.4, 0.5) is 5.69 Å². The van der Waals surface area contributed by atoms with Crippen molar-refractivity contribution in [2.75, 3.05) is 12.4 Å². The molecule has 17 heavy (non-hydrogen) atoms. The SMILES string of the molecule is COC(=O)[C@]1(C)Oc2cc(Cl)ccc2NC1=O. The van der Waals surface area contributed by atoms with Gasteiger partial charge < -0.3 is 14.8 Å². The molecule has 1 aliphatic rings. The molecule has 2 rings (SSSR count). The molecule has 0 spiro atoms. The first-order valence-corrected chi connectivity index (χ1v) is 5.23. The highest BCUT2D eigenvalue weighted by atomic mass is 35.5. The van der Waals surface area contributed by atoms with E-state index in [0.29, 0.717) is 16.5 Å². The van der Waals surface area contributed by atoms with Gasteiger partial charge in [-0.15, -0.1) is 0 Å². The van der Waals surface area contributed by atoms with E-state index in [9.17, 15) is 9.59 Å². The van der Waals surface area contributed by atoms with Gasteiger partial charge in [0.05, 0.1) is 12.8 Å². The Morgan fingerprint density at radius 1 is 1.53 bits per heavy atom. The second-order valence-electron chi connectivity index (χ2n) is 3.72. The first-order chi connectivity index (χ1) is 7.97. The lowest BCUT2D eigenvalue weighted by Crippen LogP contribution is -2.54. The minimum Gasteiger partial charge on any atom is -0.466 e. The highest BCUT2D eigenvalue weighted by molar-refractivity contribution is 6.31. The quantitative estimate of drug-likeness (QED) is 0.612. The lowest BCUT2D eigenvalue weighted by molar-refractivity contribution is -0.162. The largest absolute Gasteiger partial charge is 0.466 e. The van der Waals surface area contributed by atoms with Crippen molar-refractivity contribution in [1.29, 1.82) is 0 Å². The van der Waals surface area contributed by atoms with E-state index in [1.54, 1.807) is 12.1 Å². The molecule has 1 N–H and O–H groups in total. The molecule has 1 aromatic rings. The van der Waals surface area contributed by atoms with Gasteiger partial charge in [-0.3, -0.25) is 4.79 Å². The van der Waals surface area contributed by atoms with Gasteiger partial charge in [0, 0.05) is 11.1 Å². The van der Waals surface area contributed by atoms with Crippen molar-refractivity contribution in [1.82, 2.24) is 0 Å². The van der Waals surface area contributed by atoms with E-state index in [1.807, 2.05) is 0 Å². The number of rotatable bonds is 1. The molecule has 1 aliphatic heterocycles. The lowest BCUT2D eigenvalue weighted by Gasteiger charge is -2.32. The summed E-state index contributed by atoms with van der Waals surface area (Å²) in [5.74, 6) is -0.996. The number of methoxy groups -OCH3 is 1. The molecule has 6 heteroatoms. The topological polar surface area (TPSA) is 64.6 Å². The summed E-state index contributed by atoms with van der Waals surface area (Å²) in [4.78, 5) is 23.3. The van der Waals surface area contributed by atoms with E-state index < -0.39 is 17.5 Å². The zero-order valence-corrected chi connectivity index (χ0v) is 10.00. The second kappa shape index (κ2) is 3.92. The molecule has 5 nitrogen and oxygen atoms in total. The number of carbonyl (C=O) groups is 2. The lowest BCUT2D eigenvalue weighted by atomic mass is 10.0. The molecule has 0 aliphatic carbocycles. The molecule has 0 saturated carbocycles. The summed E-state index contributed by atoms with van der Waals surface area (Å²) in [6, 6.07) is 4.74. The molecule has 1 amide bonds. The maximum absolute atomic E-state index is 11.8. The van der Waals surface area contributed by atoms with Gasteiger partial charge in [-0.1, -0.05) is 11.6 Å². The van der Waals surface area contributed by atoms with Crippen LogP contribution in [0.3, 0.4) is 0 Å². The summed E-state index contributed by atoms with van der Waals surface area (Å²) < 4.78 is 9.94. The monoisotopic (exact) mass is 255 g/mol. The van der Waals surface area contributed by atoms with E-state index in [0.717, 1.165) is 0 Å². The average molecular weight is 256 g/mol. The summed E-state index contributed by atoms with van der Waals surface area (Å²) in [5, 5.41) is 3.02. The van der Waals surface area contributed by atoms with Crippen molar-refractivity contribution >= 4 is 29.2 Å². The summed E-state index contributed by atoms with van der Waals surface area (Å²) in [6.07, 6.45) is 0. The maximum atomic E-state index is 11.8. The number of benzene rings is 1. The Hall–Kier alpha value is -1.75. The molecule has 0 unspecified atom stereocenters. The summed E-state index contributed by atoms with van der Waals surface area (Å²) in [7, 11) is 1.19. The number of carbonyl (C=O) groups excluding carboxylic acids is 2. The molecular weight excluding hydrogens is 246 g/mol. The van der Waals surface area contributed by atoms with Crippen molar-refractivity contribution < 1.29 is 19.1 Å². The third-order valence-electron chi connectivity index (χ3n) is 2.51. The van der Waals surface area contributed by atoms with Crippen LogP contribution in [-0.4, -0.2) is 24.6 Å². The molecule has 1 heterocycles. The number of fused-ring (bicyclic) bond motifs is 1. The van der Waals surface area contributed by atoms with E-state index in [1.165, 1.54) is 20.1 Å². The number of amides is 1. The van der Waals surface area contributed by atoms with E-state index in [4.69, 9.17) is 16.3 Å². The predicted octanol–water partition coefficient (Wildman–Crippen LogP) is 1.60. The van der Waals surface area contributed by atoms with Gasteiger partial charge in [0.25, 0.3) is 11.5 Å². The van der Waals surface area contributed by atoms with Crippen LogP contribution in [0.1, 0.15) is 6.92 Å². The highest BCUT2D eigenvalue weighted by Crippen LogP contribution is 2.35. The van der Waals surface area contributed by atoms with Gasteiger partial charge in [0.1, 0.15) is 5.75 Å². The van der Waals surface area contributed by atoms with E-state index in [-0.39, 0.29) is 0 Å². The van der Waals surface area contributed by atoms with E-state index >= 15 is 0 Å². The summed E-state index contributed by atoms with van der Waals surface area (Å²) in [5.41, 5.74) is -1.22. The number of hydrogen-bond donors (Lipinski definition) is 1.